The molecule has 0 saturated heterocycles. The Labute approximate surface area is 138 Å². The minimum Gasteiger partial charge on any atom is -0.508 e. The second-order valence-corrected chi connectivity index (χ2v) is 5.47. The molecular formula is C14H12N4O5S. The molecule has 0 bridgehead atoms. The fourth-order valence-electron chi connectivity index (χ4n) is 2.05. The van der Waals surface area contributed by atoms with Crippen molar-refractivity contribution >= 4 is 28.5 Å². The van der Waals surface area contributed by atoms with Gasteiger partial charge in [0.2, 0.25) is 5.16 Å². The predicted molar refractivity (Wildman–Crippen MR) is 87.5 cm³/mol. The van der Waals surface area contributed by atoms with Crippen LogP contribution in [0, 0.1) is 6.92 Å². The van der Waals surface area contributed by atoms with Crippen LogP contribution in [0.25, 0.3) is 10.8 Å². The second kappa shape index (κ2) is 6.74. The lowest BCUT2D eigenvalue weighted by Gasteiger charge is -2.08. The summed E-state index contributed by atoms with van der Waals surface area (Å²) in [5.74, 6) is 0.205. The Bertz CT molecular complexity index is 972. The largest absolute Gasteiger partial charge is 0.508 e. The molecule has 124 valence electrons. The van der Waals surface area contributed by atoms with E-state index in [9.17, 15) is 14.7 Å². The van der Waals surface area contributed by atoms with Gasteiger partial charge in [-0.05, 0) is 41.5 Å². The molecule has 0 spiro atoms. The lowest BCUT2D eigenvalue weighted by Crippen LogP contribution is -2.25. The number of rotatable bonds is 5. The maximum atomic E-state index is 11.1. The van der Waals surface area contributed by atoms with Gasteiger partial charge >= 0.3 is 11.4 Å². The molecule has 2 aromatic carbocycles. The number of phenolic OH excluding ortho intramolecular Hbond substituents is 1. The molecule has 0 aliphatic heterocycles. The average molecular weight is 348 g/mol. The molecule has 10 heteroatoms. The van der Waals surface area contributed by atoms with Gasteiger partial charge in [-0.3, -0.25) is 9.97 Å². The Morgan fingerprint density at radius 3 is 2.79 bits per heavy atom. The first-order chi connectivity index (χ1) is 11.5. The van der Waals surface area contributed by atoms with E-state index in [4.69, 9.17) is 9.32 Å². The summed E-state index contributed by atoms with van der Waals surface area (Å²) in [5, 5.41) is 11.5. The van der Waals surface area contributed by atoms with Gasteiger partial charge in [0.15, 0.2) is 0 Å². The van der Waals surface area contributed by atoms with Crippen molar-refractivity contribution in [3.63, 3.8) is 0 Å². The molecule has 0 atom stereocenters. The number of nitrogens with zero attached hydrogens (tertiary/aromatic N) is 1. The van der Waals surface area contributed by atoms with E-state index in [0.717, 1.165) is 16.3 Å². The van der Waals surface area contributed by atoms with Gasteiger partial charge in [0.25, 0.3) is 0 Å². The van der Waals surface area contributed by atoms with Gasteiger partial charge in [-0.1, -0.05) is 12.1 Å². The lowest BCUT2D eigenvalue weighted by atomic mass is 10.0. The summed E-state index contributed by atoms with van der Waals surface area (Å²) in [5.41, 5.74) is 2.40. The van der Waals surface area contributed by atoms with E-state index in [1.807, 2.05) is 24.0 Å². The fourth-order valence-corrected chi connectivity index (χ4v) is 2.44. The molecule has 0 unspecified atom stereocenters. The summed E-state index contributed by atoms with van der Waals surface area (Å²) in [6.45, 7) is 1.81. The van der Waals surface area contributed by atoms with Crippen LogP contribution in [0.4, 0.5) is 5.69 Å². The van der Waals surface area contributed by atoms with Crippen LogP contribution in [0.5, 0.6) is 5.75 Å². The quantitative estimate of drug-likeness (QED) is 0.237. The van der Waals surface area contributed by atoms with Crippen molar-refractivity contribution in [2.45, 2.75) is 12.1 Å². The van der Waals surface area contributed by atoms with Crippen LogP contribution in [-0.2, 0) is 9.32 Å². The maximum Gasteiger partial charge on any atom is 0.351 e. The zero-order chi connectivity index (χ0) is 17.1. The topological polar surface area (TPSA) is 129 Å². The van der Waals surface area contributed by atoms with E-state index >= 15 is 0 Å². The van der Waals surface area contributed by atoms with Crippen LogP contribution in [0.1, 0.15) is 5.56 Å². The van der Waals surface area contributed by atoms with E-state index in [2.05, 4.69) is 15.4 Å². The molecule has 1 aromatic heterocycles. The van der Waals surface area contributed by atoms with Crippen molar-refractivity contribution in [1.29, 1.82) is 0 Å². The molecule has 1 heterocycles. The first-order valence-corrected chi connectivity index (χ1v) is 7.46. The number of anilines is 1. The van der Waals surface area contributed by atoms with Crippen LogP contribution in [-0.4, -0.2) is 20.1 Å². The normalized spacial score (nSPS) is 10.9. The number of nitrogens with one attached hydrogen (secondary N) is 3. The first kappa shape index (κ1) is 16.1. The third-order valence-corrected chi connectivity index (χ3v) is 3.70. The summed E-state index contributed by atoms with van der Waals surface area (Å²) >= 11 is 0.566. The number of aromatic hydroxyl groups is 1. The number of H-pyrrole nitrogens is 2. The average Bonchev–Trinajstić information content (AvgIpc) is 2.54. The SMILES string of the molecule is Cc1c(O)ccc2ccc(NOOSc3nc(=O)[nH]c(=O)[nH]3)cc12. The van der Waals surface area contributed by atoms with Crippen molar-refractivity contribution in [3.05, 3.63) is 56.9 Å². The number of aromatic amines is 2. The minimum atomic E-state index is -0.789. The highest BCUT2D eigenvalue weighted by atomic mass is 32.2. The monoisotopic (exact) mass is 348 g/mol. The van der Waals surface area contributed by atoms with Gasteiger partial charge in [-0.25, -0.2) is 15.1 Å². The van der Waals surface area contributed by atoms with Crippen LogP contribution in [0.2, 0.25) is 0 Å². The molecule has 0 radical (unpaired) electrons. The van der Waals surface area contributed by atoms with Crippen LogP contribution in [0.15, 0.2) is 45.1 Å². The molecule has 0 fully saturated rings. The molecule has 4 N–H and O–H groups in total. The molecule has 3 rings (SSSR count). The van der Waals surface area contributed by atoms with Gasteiger partial charge in [0, 0.05) is 0 Å². The first-order valence-electron chi connectivity index (χ1n) is 6.72. The van der Waals surface area contributed by atoms with E-state index < -0.39 is 11.4 Å². The summed E-state index contributed by atoms with van der Waals surface area (Å²) in [7, 11) is 0. The highest BCUT2D eigenvalue weighted by molar-refractivity contribution is 7.94. The number of hydrogen-bond acceptors (Lipinski definition) is 8. The zero-order valence-corrected chi connectivity index (χ0v) is 13.1. The van der Waals surface area contributed by atoms with Gasteiger partial charge in [0.05, 0.1) is 5.69 Å². The smallest absolute Gasteiger partial charge is 0.351 e. The number of hydrogen-bond donors (Lipinski definition) is 4. The van der Waals surface area contributed by atoms with Gasteiger partial charge in [0.1, 0.15) is 17.8 Å². The lowest BCUT2D eigenvalue weighted by molar-refractivity contribution is -0.161. The fraction of sp³-hybridized carbons (Fsp3) is 0.0714. The van der Waals surface area contributed by atoms with Crippen molar-refractivity contribution < 1.29 is 14.4 Å². The van der Waals surface area contributed by atoms with Crippen molar-refractivity contribution in [2.75, 3.05) is 5.48 Å². The van der Waals surface area contributed by atoms with Crippen LogP contribution >= 0.6 is 12.0 Å². The Kier molecular flexibility index (Phi) is 4.51. The number of aromatic nitrogens is 3. The summed E-state index contributed by atoms with van der Waals surface area (Å²) in [6, 6.07) is 8.85. The van der Waals surface area contributed by atoms with E-state index in [1.165, 1.54) is 0 Å². The third kappa shape index (κ3) is 3.56. The Hall–Kier alpha value is -2.82. The van der Waals surface area contributed by atoms with Crippen LogP contribution in [0.3, 0.4) is 0 Å². The summed E-state index contributed by atoms with van der Waals surface area (Å²) in [4.78, 5) is 34.5. The second-order valence-electron chi connectivity index (χ2n) is 4.78. The van der Waals surface area contributed by atoms with Gasteiger partial charge in [-0.15, -0.1) is 9.32 Å². The molecule has 0 saturated carbocycles. The molecule has 0 aliphatic carbocycles. The van der Waals surface area contributed by atoms with E-state index in [-0.39, 0.29) is 10.9 Å². The summed E-state index contributed by atoms with van der Waals surface area (Å²) in [6.07, 6.45) is 0. The van der Waals surface area contributed by atoms with E-state index in [0.29, 0.717) is 17.7 Å². The standard InChI is InChI=1S/C14H12N4O5S/c1-7-10-6-9(4-2-8(10)3-5-11(7)19)18-22-23-24-14-16-12(20)15-13(21)17-14/h2-6,18-19H,1H3,(H2,15,16,17,20,21). The number of fused-ring (bicyclic) bond motifs is 1. The Balaban J connectivity index is 1.64. The number of aryl methyl sites for hydroxylation is 1. The Morgan fingerprint density at radius 1 is 1.21 bits per heavy atom. The van der Waals surface area contributed by atoms with E-state index in [1.54, 1.807) is 18.2 Å². The number of benzene rings is 2. The highest BCUT2D eigenvalue weighted by Gasteiger charge is 2.05. The number of phenols is 1. The highest BCUT2D eigenvalue weighted by Crippen LogP contribution is 2.28. The Morgan fingerprint density at radius 2 is 2.00 bits per heavy atom. The maximum absolute atomic E-state index is 11.1. The molecule has 9 nitrogen and oxygen atoms in total. The molecule has 0 amide bonds. The van der Waals surface area contributed by atoms with Gasteiger partial charge in [-0.2, -0.15) is 4.98 Å². The summed E-state index contributed by atoms with van der Waals surface area (Å²) < 4.78 is 4.77. The molecular weight excluding hydrogens is 336 g/mol. The van der Waals surface area contributed by atoms with Crippen LogP contribution < -0.4 is 16.9 Å². The van der Waals surface area contributed by atoms with Crippen molar-refractivity contribution in [2.24, 2.45) is 0 Å². The molecule has 24 heavy (non-hydrogen) atoms. The molecule has 3 aromatic rings. The van der Waals surface area contributed by atoms with Gasteiger partial charge < -0.3 is 5.11 Å². The zero-order valence-electron chi connectivity index (χ0n) is 12.3. The third-order valence-electron chi connectivity index (χ3n) is 3.21. The molecule has 0 aliphatic rings. The minimum absolute atomic E-state index is 0.0511. The van der Waals surface area contributed by atoms with Crippen molar-refractivity contribution in [3.8, 4) is 5.75 Å². The van der Waals surface area contributed by atoms with Crippen molar-refractivity contribution in [1.82, 2.24) is 15.0 Å². The predicted octanol–water partition coefficient (Wildman–Crippen LogP) is 1.61.